The van der Waals surface area contributed by atoms with E-state index in [0.717, 1.165) is 6.42 Å². The minimum atomic E-state index is -0.0382. The Morgan fingerprint density at radius 2 is 2.36 bits per heavy atom. The average Bonchev–Trinajstić information content (AvgIpc) is 2.37. The first kappa shape index (κ1) is 8.31. The molecule has 0 aromatic heterocycles. The Kier molecular flexibility index (Phi) is 2.69. The van der Waals surface area contributed by atoms with E-state index in [9.17, 15) is 4.79 Å². The van der Waals surface area contributed by atoms with Crippen LogP contribution in [0.1, 0.15) is 26.2 Å². The van der Waals surface area contributed by atoms with Gasteiger partial charge in [-0.05, 0) is 24.8 Å². The van der Waals surface area contributed by atoms with Gasteiger partial charge in [0.1, 0.15) is 0 Å². The summed E-state index contributed by atoms with van der Waals surface area (Å²) in [6, 6.07) is 0.389. The van der Waals surface area contributed by atoms with Gasteiger partial charge in [0, 0.05) is 6.04 Å². The zero-order valence-corrected chi connectivity index (χ0v) is 6.97. The molecule has 1 saturated carbocycles. The highest BCUT2D eigenvalue weighted by atomic mass is 16.1. The summed E-state index contributed by atoms with van der Waals surface area (Å²) in [5, 5.41) is 2.92. The van der Waals surface area contributed by atoms with Gasteiger partial charge in [0.2, 0.25) is 5.91 Å². The molecule has 1 amide bonds. The Morgan fingerprint density at radius 1 is 1.64 bits per heavy atom. The van der Waals surface area contributed by atoms with Crippen LogP contribution in [0.5, 0.6) is 0 Å². The summed E-state index contributed by atoms with van der Waals surface area (Å²) in [4.78, 5) is 10.9. The number of rotatable bonds is 2. The van der Waals surface area contributed by atoms with Crippen LogP contribution in [0.3, 0.4) is 0 Å². The van der Waals surface area contributed by atoms with E-state index in [0.29, 0.717) is 12.0 Å². The van der Waals surface area contributed by atoms with Crippen LogP contribution in [-0.2, 0) is 4.79 Å². The van der Waals surface area contributed by atoms with Crippen LogP contribution in [0.4, 0.5) is 0 Å². The fourth-order valence-electron chi connectivity index (χ4n) is 1.60. The van der Waals surface area contributed by atoms with Crippen LogP contribution in [0.25, 0.3) is 0 Å². The molecule has 2 heteroatoms. The number of hydrogen-bond acceptors (Lipinski definition) is 1. The van der Waals surface area contributed by atoms with Gasteiger partial charge in [0.15, 0.2) is 0 Å². The molecule has 0 aromatic carbocycles. The molecule has 0 bridgehead atoms. The van der Waals surface area contributed by atoms with Crippen molar-refractivity contribution >= 4 is 5.91 Å². The van der Waals surface area contributed by atoms with Crippen LogP contribution in [0.15, 0.2) is 12.7 Å². The van der Waals surface area contributed by atoms with Crippen LogP contribution in [0, 0.1) is 5.92 Å². The van der Waals surface area contributed by atoms with Gasteiger partial charge in [-0.1, -0.05) is 19.9 Å². The van der Waals surface area contributed by atoms with Crippen molar-refractivity contribution in [2.75, 3.05) is 0 Å². The van der Waals surface area contributed by atoms with E-state index in [1.807, 2.05) is 0 Å². The minimum absolute atomic E-state index is 0.0382. The number of nitrogens with one attached hydrogen (secondary N) is 1. The first-order valence-corrected chi connectivity index (χ1v) is 4.17. The Balaban J connectivity index is 2.36. The van der Waals surface area contributed by atoms with Gasteiger partial charge in [-0.15, -0.1) is 0 Å². The summed E-state index contributed by atoms with van der Waals surface area (Å²) in [6.45, 7) is 5.60. The predicted octanol–water partition coefficient (Wildman–Crippen LogP) is 1.48. The minimum Gasteiger partial charge on any atom is -0.350 e. The zero-order valence-electron chi connectivity index (χ0n) is 6.97. The van der Waals surface area contributed by atoms with Crippen LogP contribution >= 0.6 is 0 Å². The van der Waals surface area contributed by atoms with Crippen molar-refractivity contribution in [3.05, 3.63) is 12.7 Å². The van der Waals surface area contributed by atoms with Crippen LogP contribution < -0.4 is 5.32 Å². The van der Waals surface area contributed by atoms with Crippen molar-refractivity contribution in [2.24, 2.45) is 5.92 Å². The Morgan fingerprint density at radius 3 is 2.82 bits per heavy atom. The molecular formula is C9H15NO. The van der Waals surface area contributed by atoms with Crippen molar-refractivity contribution < 1.29 is 4.79 Å². The maximum absolute atomic E-state index is 10.9. The quantitative estimate of drug-likeness (QED) is 0.598. The normalized spacial score (nSPS) is 29.9. The molecule has 2 nitrogen and oxygen atoms in total. The average molecular weight is 153 g/mol. The lowest BCUT2D eigenvalue weighted by atomic mass is 10.1. The molecule has 1 rings (SSSR count). The van der Waals surface area contributed by atoms with Crippen LogP contribution in [0.2, 0.25) is 0 Å². The molecule has 0 aliphatic heterocycles. The first-order chi connectivity index (χ1) is 5.24. The molecule has 0 unspecified atom stereocenters. The third-order valence-corrected chi connectivity index (χ3v) is 2.37. The predicted molar refractivity (Wildman–Crippen MR) is 45.1 cm³/mol. The second-order valence-corrected chi connectivity index (χ2v) is 3.23. The summed E-state index contributed by atoms with van der Waals surface area (Å²) < 4.78 is 0. The summed E-state index contributed by atoms with van der Waals surface area (Å²) in [5.74, 6) is 0.600. The maximum atomic E-state index is 10.9. The lowest BCUT2D eigenvalue weighted by molar-refractivity contribution is -0.117. The standard InChI is InChI=1S/C9H15NO/c1-3-9(11)10-8-6-4-5-7(8)2/h3,7-8H,1,4-6H2,2H3,(H,10,11)/t7-,8+/m1/s1. The van der Waals surface area contributed by atoms with Crippen molar-refractivity contribution in [3.63, 3.8) is 0 Å². The van der Waals surface area contributed by atoms with Crippen LogP contribution in [-0.4, -0.2) is 11.9 Å². The number of amides is 1. The van der Waals surface area contributed by atoms with E-state index in [2.05, 4.69) is 18.8 Å². The molecule has 1 fully saturated rings. The Labute approximate surface area is 67.7 Å². The number of hydrogen-bond donors (Lipinski definition) is 1. The largest absolute Gasteiger partial charge is 0.350 e. The van der Waals surface area contributed by atoms with Crippen molar-refractivity contribution in [3.8, 4) is 0 Å². The Bertz CT molecular complexity index is 165. The smallest absolute Gasteiger partial charge is 0.243 e. The van der Waals surface area contributed by atoms with Gasteiger partial charge in [-0.3, -0.25) is 4.79 Å². The van der Waals surface area contributed by atoms with Crippen molar-refractivity contribution in [2.45, 2.75) is 32.2 Å². The molecule has 1 N–H and O–H groups in total. The van der Waals surface area contributed by atoms with E-state index in [4.69, 9.17) is 0 Å². The molecule has 1 aliphatic rings. The molecule has 1 aliphatic carbocycles. The summed E-state index contributed by atoms with van der Waals surface area (Å²) >= 11 is 0. The fourth-order valence-corrected chi connectivity index (χ4v) is 1.60. The second kappa shape index (κ2) is 3.56. The molecule has 0 saturated heterocycles. The summed E-state index contributed by atoms with van der Waals surface area (Å²) in [6.07, 6.45) is 4.94. The van der Waals surface area contributed by atoms with Crippen molar-refractivity contribution in [1.82, 2.24) is 5.32 Å². The van der Waals surface area contributed by atoms with Gasteiger partial charge in [0.05, 0.1) is 0 Å². The molecule has 11 heavy (non-hydrogen) atoms. The molecule has 0 aromatic rings. The Hall–Kier alpha value is -0.790. The second-order valence-electron chi connectivity index (χ2n) is 3.23. The van der Waals surface area contributed by atoms with E-state index in [1.165, 1.54) is 18.9 Å². The van der Waals surface area contributed by atoms with Crippen molar-refractivity contribution in [1.29, 1.82) is 0 Å². The third-order valence-electron chi connectivity index (χ3n) is 2.37. The molecular weight excluding hydrogens is 138 g/mol. The van der Waals surface area contributed by atoms with E-state index < -0.39 is 0 Å². The van der Waals surface area contributed by atoms with Gasteiger partial charge < -0.3 is 5.32 Å². The summed E-state index contributed by atoms with van der Waals surface area (Å²) in [7, 11) is 0. The molecule has 0 heterocycles. The van der Waals surface area contributed by atoms with E-state index in [1.54, 1.807) is 0 Å². The van der Waals surface area contributed by atoms with E-state index in [-0.39, 0.29) is 5.91 Å². The number of carbonyl (C=O) groups is 1. The highest BCUT2D eigenvalue weighted by Gasteiger charge is 2.23. The topological polar surface area (TPSA) is 29.1 Å². The third kappa shape index (κ3) is 2.07. The lowest BCUT2D eigenvalue weighted by Gasteiger charge is -2.15. The molecule has 2 atom stereocenters. The summed E-state index contributed by atoms with van der Waals surface area (Å²) in [5.41, 5.74) is 0. The highest BCUT2D eigenvalue weighted by molar-refractivity contribution is 5.87. The van der Waals surface area contributed by atoms with Gasteiger partial charge in [-0.2, -0.15) is 0 Å². The number of carbonyl (C=O) groups excluding carboxylic acids is 1. The highest BCUT2D eigenvalue weighted by Crippen LogP contribution is 2.24. The van der Waals surface area contributed by atoms with Gasteiger partial charge in [-0.25, -0.2) is 0 Å². The van der Waals surface area contributed by atoms with Gasteiger partial charge in [0.25, 0.3) is 0 Å². The maximum Gasteiger partial charge on any atom is 0.243 e. The first-order valence-electron chi connectivity index (χ1n) is 4.17. The van der Waals surface area contributed by atoms with Gasteiger partial charge >= 0.3 is 0 Å². The molecule has 0 spiro atoms. The molecule has 0 radical (unpaired) electrons. The SMILES string of the molecule is C=CC(=O)N[C@H]1CCC[C@H]1C. The fraction of sp³-hybridized carbons (Fsp3) is 0.667. The van der Waals surface area contributed by atoms with E-state index >= 15 is 0 Å². The lowest BCUT2D eigenvalue weighted by Crippen LogP contribution is -2.35. The molecule has 62 valence electrons. The monoisotopic (exact) mass is 153 g/mol. The zero-order chi connectivity index (χ0) is 8.27.